The molecule has 1 aliphatic rings. The van der Waals surface area contributed by atoms with Gasteiger partial charge in [0.05, 0.1) is 12.1 Å². The lowest BCUT2D eigenvalue weighted by Crippen LogP contribution is -2.33. The minimum absolute atomic E-state index is 0.158. The highest BCUT2D eigenvalue weighted by Gasteiger charge is 2.23. The first-order chi connectivity index (χ1) is 15.4. The van der Waals surface area contributed by atoms with Crippen molar-refractivity contribution in [1.82, 2.24) is 0 Å². The van der Waals surface area contributed by atoms with Crippen molar-refractivity contribution in [2.75, 3.05) is 12.4 Å². The van der Waals surface area contributed by atoms with Crippen LogP contribution in [0, 0.1) is 0 Å². The molecule has 1 atom stereocenters. The Bertz CT molecular complexity index is 1200. The van der Waals surface area contributed by atoms with Crippen LogP contribution in [0.25, 0.3) is 11.6 Å². The van der Waals surface area contributed by atoms with Gasteiger partial charge in [0.2, 0.25) is 0 Å². The van der Waals surface area contributed by atoms with Crippen LogP contribution < -0.4 is 15.8 Å². The fourth-order valence-electron chi connectivity index (χ4n) is 3.44. The highest BCUT2D eigenvalue weighted by atomic mass is 35.5. The first kappa shape index (κ1) is 21.6. The van der Waals surface area contributed by atoms with E-state index in [0.717, 1.165) is 16.8 Å². The molecule has 3 aromatic rings. The summed E-state index contributed by atoms with van der Waals surface area (Å²) in [5.74, 6) is 0.572. The van der Waals surface area contributed by atoms with Crippen molar-refractivity contribution in [2.24, 2.45) is 5.73 Å². The summed E-state index contributed by atoms with van der Waals surface area (Å²) in [6.45, 7) is 0. The van der Waals surface area contributed by atoms with E-state index in [1.54, 1.807) is 30.3 Å². The number of esters is 1. The zero-order chi connectivity index (χ0) is 22.7. The van der Waals surface area contributed by atoms with Crippen LogP contribution in [0.4, 0.5) is 5.69 Å². The first-order valence-electron chi connectivity index (χ1n) is 9.97. The molecule has 1 heterocycles. The van der Waals surface area contributed by atoms with Gasteiger partial charge in [-0.25, -0.2) is 0 Å². The Morgan fingerprint density at radius 1 is 1.09 bits per heavy atom. The minimum Gasteiger partial charge on any atom is -0.468 e. The van der Waals surface area contributed by atoms with E-state index in [4.69, 9.17) is 22.1 Å². The first-order valence-corrected chi connectivity index (χ1v) is 10.3. The van der Waals surface area contributed by atoms with E-state index < -0.39 is 12.0 Å². The summed E-state index contributed by atoms with van der Waals surface area (Å²) < 4.78 is 10.5. The lowest BCUT2D eigenvalue weighted by Gasteiger charge is -2.11. The van der Waals surface area contributed by atoms with Crippen LogP contribution in [-0.4, -0.2) is 25.0 Å². The van der Waals surface area contributed by atoms with Crippen molar-refractivity contribution in [3.8, 4) is 11.5 Å². The molecule has 3 N–H and O–H groups in total. The molecule has 0 bridgehead atoms. The number of nitrogens with one attached hydrogen (secondary N) is 1. The molecule has 0 saturated carbocycles. The van der Waals surface area contributed by atoms with E-state index in [9.17, 15) is 9.59 Å². The third-order valence-electron chi connectivity index (χ3n) is 5.10. The van der Waals surface area contributed by atoms with E-state index in [-0.39, 0.29) is 5.91 Å². The third kappa shape index (κ3) is 4.66. The van der Waals surface area contributed by atoms with Gasteiger partial charge in [0.25, 0.3) is 5.91 Å². The predicted molar refractivity (Wildman–Crippen MR) is 125 cm³/mol. The summed E-state index contributed by atoms with van der Waals surface area (Å²) >= 11 is 6.46. The lowest BCUT2D eigenvalue weighted by atomic mass is 10.0. The molecule has 0 saturated heterocycles. The Hall–Kier alpha value is -3.61. The van der Waals surface area contributed by atoms with Gasteiger partial charge in [0.1, 0.15) is 17.5 Å². The molecule has 0 radical (unpaired) electrons. The maximum Gasteiger partial charge on any atom is 0.322 e. The molecular formula is C25H21ClN2O4. The molecule has 1 aliphatic heterocycles. The van der Waals surface area contributed by atoms with Crippen LogP contribution in [0.5, 0.6) is 11.5 Å². The topological polar surface area (TPSA) is 90.7 Å². The van der Waals surface area contributed by atoms with Crippen molar-refractivity contribution in [3.63, 3.8) is 0 Å². The van der Waals surface area contributed by atoms with Crippen LogP contribution in [0.15, 0.2) is 66.7 Å². The number of carbonyl (C=O) groups excluding carboxylic acids is 2. The van der Waals surface area contributed by atoms with Gasteiger partial charge in [0.15, 0.2) is 0 Å². The predicted octanol–water partition coefficient (Wildman–Crippen LogP) is 4.67. The standard InChI is InChI=1S/C25H21ClN2O4/c1-31-25(30)22(27)12-15-6-9-17(10-7-15)32-18-11-8-16(21(26)14-18)13-20-19-4-2-3-5-23(19)28-24(20)29/h2-11,13-14,22H,12,27H2,1H3,(H,28,29). The molecule has 162 valence electrons. The van der Waals surface area contributed by atoms with E-state index >= 15 is 0 Å². The van der Waals surface area contributed by atoms with Gasteiger partial charge in [-0.15, -0.1) is 0 Å². The number of hydrogen-bond acceptors (Lipinski definition) is 5. The number of amides is 1. The SMILES string of the molecule is COC(=O)C(N)Cc1ccc(Oc2ccc(C=C3C(=O)Nc4ccccc43)c(Cl)c2)cc1. The van der Waals surface area contributed by atoms with Crippen LogP contribution in [0.1, 0.15) is 16.7 Å². The maximum absolute atomic E-state index is 12.3. The fourth-order valence-corrected chi connectivity index (χ4v) is 3.67. The molecule has 7 heteroatoms. The molecule has 4 rings (SSSR count). The largest absolute Gasteiger partial charge is 0.468 e. The number of halogens is 1. The van der Waals surface area contributed by atoms with Crippen molar-refractivity contribution in [3.05, 3.63) is 88.4 Å². The number of para-hydroxylation sites is 1. The second-order valence-electron chi connectivity index (χ2n) is 7.32. The van der Waals surface area contributed by atoms with Gasteiger partial charge in [-0.1, -0.05) is 41.9 Å². The van der Waals surface area contributed by atoms with Crippen LogP contribution >= 0.6 is 11.6 Å². The number of carbonyl (C=O) groups is 2. The number of methoxy groups -OCH3 is 1. The third-order valence-corrected chi connectivity index (χ3v) is 5.43. The zero-order valence-corrected chi connectivity index (χ0v) is 18.1. The average Bonchev–Trinajstić information content (AvgIpc) is 3.11. The quantitative estimate of drug-likeness (QED) is 0.422. The molecule has 1 amide bonds. The summed E-state index contributed by atoms with van der Waals surface area (Å²) in [4.78, 5) is 23.8. The second kappa shape index (κ2) is 9.26. The zero-order valence-electron chi connectivity index (χ0n) is 17.3. The Morgan fingerprint density at radius 3 is 2.53 bits per heavy atom. The normalized spacial score (nSPS) is 14.6. The Labute approximate surface area is 190 Å². The van der Waals surface area contributed by atoms with Gasteiger partial charge in [-0.3, -0.25) is 9.59 Å². The highest BCUT2D eigenvalue weighted by molar-refractivity contribution is 6.37. The molecular weight excluding hydrogens is 428 g/mol. The fraction of sp³-hybridized carbons (Fsp3) is 0.120. The molecule has 6 nitrogen and oxygen atoms in total. The summed E-state index contributed by atoms with van der Waals surface area (Å²) in [5.41, 5.74) is 9.61. The molecule has 0 aromatic heterocycles. The van der Waals surface area contributed by atoms with E-state index in [0.29, 0.717) is 34.1 Å². The van der Waals surface area contributed by atoms with E-state index in [1.165, 1.54) is 7.11 Å². The van der Waals surface area contributed by atoms with E-state index in [1.807, 2.05) is 42.5 Å². The van der Waals surface area contributed by atoms with Gasteiger partial charge in [0, 0.05) is 16.8 Å². The summed E-state index contributed by atoms with van der Waals surface area (Å²) in [7, 11) is 1.31. The molecule has 0 fully saturated rings. The van der Waals surface area contributed by atoms with Gasteiger partial charge < -0.3 is 20.5 Å². The summed E-state index contributed by atoms with van der Waals surface area (Å²) in [5, 5.41) is 3.31. The van der Waals surface area contributed by atoms with E-state index in [2.05, 4.69) is 10.1 Å². The van der Waals surface area contributed by atoms with Crippen molar-refractivity contribution in [2.45, 2.75) is 12.5 Å². The number of rotatable bonds is 6. The van der Waals surface area contributed by atoms with Gasteiger partial charge >= 0.3 is 5.97 Å². The minimum atomic E-state index is -0.707. The second-order valence-corrected chi connectivity index (χ2v) is 7.73. The number of anilines is 1. The van der Waals surface area contributed by atoms with Crippen LogP contribution in [0.2, 0.25) is 5.02 Å². The number of benzene rings is 3. The molecule has 0 spiro atoms. The lowest BCUT2D eigenvalue weighted by molar-refractivity contribution is -0.142. The van der Waals surface area contributed by atoms with Crippen LogP contribution in [0.3, 0.4) is 0 Å². The number of hydrogen-bond donors (Lipinski definition) is 2. The van der Waals surface area contributed by atoms with Crippen molar-refractivity contribution < 1.29 is 19.1 Å². The number of nitrogens with two attached hydrogens (primary N) is 1. The molecule has 32 heavy (non-hydrogen) atoms. The highest BCUT2D eigenvalue weighted by Crippen LogP contribution is 2.35. The van der Waals surface area contributed by atoms with Crippen molar-refractivity contribution >= 4 is 40.8 Å². The molecule has 3 aromatic carbocycles. The monoisotopic (exact) mass is 448 g/mol. The Morgan fingerprint density at radius 2 is 1.81 bits per heavy atom. The maximum atomic E-state index is 12.3. The van der Waals surface area contributed by atoms with Gasteiger partial charge in [-0.05, 0) is 60.0 Å². The Kier molecular flexibility index (Phi) is 6.25. The molecule has 1 unspecified atom stereocenters. The summed E-state index contributed by atoms with van der Waals surface area (Å²) in [6.07, 6.45) is 2.14. The number of fused-ring (bicyclic) bond motifs is 1. The van der Waals surface area contributed by atoms with Crippen molar-refractivity contribution in [1.29, 1.82) is 0 Å². The molecule has 0 aliphatic carbocycles. The van der Waals surface area contributed by atoms with Crippen LogP contribution in [-0.2, 0) is 20.7 Å². The smallest absolute Gasteiger partial charge is 0.322 e. The van der Waals surface area contributed by atoms with Gasteiger partial charge in [-0.2, -0.15) is 0 Å². The number of ether oxygens (including phenoxy) is 2. The Balaban J connectivity index is 1.47. The summed E-state index contributed by atoms with van der Waals surface area (Å²) in [6, 6.07) is 19.4. The average molecular weight is 449 g/mol.